The molecule has 0 aromatic carbocycles. The van der Waals surface area contributed by atoms with E-state index < -0.39 is 0 Å². The Kier molecular flexibility index (Phi) is 67.6. The van der Waals surface area contributed by atoms with Gasteiger partial charge in [0, 0.05) is 74.9 Å². The van der Waals surface area contributed by atoms with Crippen molar-refractivity contribution in [2.45, 2.75) is 27.2 Å². The minimum Gasteiger partial charge on any atom is -0.395 e. The lowest BCUT2D eigenvalue weighted by Crippen LogP contribution is -2.26. The Balaban J connectivity index is -0.000000108. The number of aliphatic hydroxyl groups is 1. The van der Waals surface area contributed by atoms with Crippen LogP contribution in [-0.4, -0.2) is 232 Å². The first-order chi connectivity index (χ1) is 22.3. The van der Waals surface area contributed by atoms with Crippen molar-refractivity contribution in [3.63, 3.8) is 0 Å². The Morgan fingerprint density at radius 1 is 0.468 bits per heavy atom. The third-order valence-electron chi connectivity index (χ3n) is 6.19. The largest absolute Gasteiger partial charge is 0.395 e. The van der Waals surface area contributed by atoms with Crippen molar-refractivity contribution in [3.05, 3.63) is 0 Å². The van der Waals surface area contributed by atoms with E-state index in [9.17, 15) is 0 Å². The van der Waals surface area contributed by atoms with Crippen LogP contribution in [0.3, 0.4) is 0 Å². The highest BCUT2D eigenvalue weighted by Crippen LogP contribution is 1.83. The van der Waals surface area contributed by atoms with Gasteiger partial charge in [0.1, 0.15) is 0 Å². The van der Waals surface area contributed by atoms with Crippen molar-refractivity contribution in [3.8, 4) is 12.3 Å². The number of hydrogen-bond acceptors (Lipinski definition) is 12. The van der Waals surface area contributed by atoms with Crippen LogP contribution in [0.15, 0.2) is 0 Å². The molecule has 12 nitrogen and oxygen atoms in total. The Morgan fingerprint density at radius 3 is 1.04 bits per heavy atom. The molecule has 0 heterocycles. The zero-order valence-electron chi connectivity index (χ0n) is 34.3. The topological polar surface area (TPSA) is 85.8 Å². The van der Waals surface area contributed by atoms with Crippen molar-refractivity contribution < 1.29 is 28.8 Å². The van der Waals surface area contributed by atoms with Crippen LogP contribution in [0, 0.1) is 12.3 Å². The fourth-order valence-electron chi connectivity index (χ4n) is 2.41. The Hall–Kier alpha value is -0.920. The molecule has 0 radical (unpaired) electrons. The molecule has 0 aromatic heterocycles. The molecule has 0 aromatic rings. The van der Waals surface area contributed by atoms with Crippen molar-refractivity contribution >= 4 is 0 Å². The fraction of sp³-hybridized carbons (Fsp3) is 0.943. The van der Waals surface area contributed by atoms with E-state index in [1.165, 1.54) is 0 Å². The fourth-order valence-corrected chi connectivity index (χ4v) is 2.41. The summed E-state index contributed by atoms with van der Waals surface area (Å²) >= 11 is 0. The quantitative estimate of drug-likeness (QED) is 0.134. The maximum atomic E-state index is 8.33. The molecule has 0 aliphatic rings. The molecule has 0 rings (SSSR count). The summed E-state index contributed by atoms with van der Waals surface area (Å²) in [5, 5.41) is 8.33. The van der Waals surface area contributed by atoms with Crippen LogP contribution in [0.4, 0.5) is 0 Å². The second-order valence-electron chi connectivity index (χ2n) is 11.3. The molecule has 1 N–H and O–H groups in total. The second kappa shape index (κ2) is 54.5. The number of terminal acetylenes is 1. The van der Waals surface area contributed by atoms with Gasteiger partial charge in [-0.3, -0.25) is 4.90 Å². The Morgan fingerprint density at radius 2 is 0.809 bits per heavy atom. The lowest BCUT2D eigenvalue weighted by Gasteiger charge is -2.14. The first kappa shape index (κ1) is 58.3. The number of hydrogen-bond donors (Lipinski definition) is 1. The molecule has 0 atom stereocenters. The van der Waals surface area contributed by atoms with Gasteiger partial charge in [-0.1, -0.05) is 26.7 Å². The highest BCUT2D eigenvalue weighted by molar-refractivity contribution is 4.86. The van der Waals surface area contributed by atoms with Gasteiger partial charge < -0.3 is 53.3 Å². The smallest absolute Gasteiger partial charge is 0.0596 e. The summed E-state index contributed by atoms with van der Waals surface area (Å²) in [7, 11) is 24.9. The predicted molar refractivity (Wildman–Crippen MR) is 204 cm³/mol. The van der Waals surface area contributed by atoms with E-state index >= 15 is 0 Å². The van der Waals surface area contributed by atoms with Gasteiger partial charge in [0.15, 0.2) is 0 Å². The number of aliphatic hydroxyl groups excluding tert-OH is 1. The molecule has 0 saturated heterocycles. The molecule has 0 aliphatic carbocycles. The second-order valence-corrected chi connectivity index (χ2v) is 11.3. The third-order valence-corrected chi connectivity index (χ3v) is 6.19. The van der Waals surface area contributed by atoms with Crippen molar-refractivity contribution in [1.29, 1.82) is 0 Å². The highest BCUT2D eigenvalue weighted by Gasteiger charge is 1.95. The van der Waals surface area contributed by atoms with Crippen molar-refractivity contribution in [2.24, 2.45) is 0 Å². The molecule has 0 bridgehead atoms. The SMILES string of the molecule is C#CCN(C)CC.CCN(C)CCO.CCN(C)CCOC.COCCCN(C)C.COCCN(C)C.COCCN(C)CCOC. The zero-order valence-corrected chi connectivity index (χ0v) is 34.3. The van der Waals surface area contributed by atoms with Gasteiger partial charge in [0.2, 0.25) is 0 Å². The van der Waals surface area contributed by atoms with Crippen LogP contribution in [0.5, 0.6) is 0 Å². The third kappa shape index (κ3) is 81.3. The molecule has 0 saturated carbocycles. The molecular formula is C35H84N6O6. The summed E-state index contributed by atoms with van der Waals surface area (Å²) in [4.78, 5) is 12.7. The van der Waals surface area contributed by atoms with Crippen molar-refractivity contribution in [2.75, 3.05) is 197 Å². The molecule has 0 amide bonds. The van der Waals surface area contributed by atoms with Gasteiger partial charge in [-0.25, -0.2) is 0 Å². The molecular weight excluding hydrogens is 600 g/mol. The number of ether oxygens (including phenoxy) is 5. The lowest BCUT2D eigenvalue weighted by atomic mass is 10.4. The molecule has 12 heteroatoms. The molecule has 0 unspecified atom stereocenters. The van der Waals surface area contributed by atoms with Gasteiger partial charge in [-0.05, 0) is 89.0 Å². The van der Waals surface area contributed by atoms with E-state index in [-0.39, 0.29) is 6.61 Å². The molecule has 290 valence electrons. The summed E-state index contributed by atoms with van der Waals surface area (Å²) in [6.45, 7) is 20.5. The first-order valence-electron chi connectivity index (χ1n) is 16.8. The molecule has 0 fully saturated rings. The summed E-state index contributed by atoms with van der Waals surface area (Å²) in [6.07, 6.45) is 6.14. The monoisotopic (exact) mass is 685 g/mol. The number of nitrogens with zero attached hydrogens (tertiary/aromatic N) is 6. The van der Waals surface area contributed by atoms with E-state index in [4.69, 9.17) is 35.2 Å². The van der Waals surface area contributed by atoms with E-state index in [1.807, 2.05) is 28.2 Å². The van der Waals surface area contributed by atoms with E-state index in [0.717, 1.165) is 105 Å². The minimum absolute atomic E-state index is 0.268. The maximum absolute atomic E-state index is 8.33. The molecule has 0 aliphatic heterocycles. The van der Waals surface area contributed by atoms with E-state index in [1.54, 1.807) is 35.5 Å². The standard InChI is InChI=1S/C7H17NO2.2C6H15NO.C6H11N.2C5H13NO/c1-8(4-6-9-2)5-7-10-3;1-7(2)5-4-6-8-3;1-4-7(2)5-6-8-3;1-4-6-7(3)5-2;1-6(2)4-5-7-3;1-3-6(2)4-5-7/h4-7H2,1-3H3;2*4-6H2,1-3H3;1H,5-6H2,2-3H3;4-5H2,1-3H3;7H,3-5H2,1-2H3. The average molecular weight is 685 g/mol. The summed E-state index contributed by atoms with van der Waals surface area (Å²) in [5.74, 6) is 2.54. The first-order valence-corrected chi connectivity index (χ1v) is 16.8. The molecule has 0 spiro atoms. The highest BCUT2D eigenvalue weighted by atomic mass is 16.5. The van der Waals surface area contributed by atoms with E-state index in [2.05, 4.69) is 84.3 Å². The van der Waals surface area contributed by atoms with Crippen LogP contribution in [0.2, 0.25) is 0 Å². The Labute approximate surface area is 294 Å². The number of methoxy groups -OCH3 is 5. The van der Waals surface area contributed by atoms with Crippen LogP contribution in [0.1, 0.15) is 27.2 Å². The average Bonchev–Trinajstić information content (AvgIpc) is 3.05. The minimum atomic E-state index is 0.268. The van der Waals surface area contributed by atoms with E-state index in [0.29, 0.717) is 0 Å². The van der Waals surface area contributed by atoms with Crippen LogP contribution >= 0.6 is 0 Å². The van der Waals surface area contributed by atoms with Crippen LogP contribution in [-0.2, 0) is 23.7 Å². The summed E-state index contributed by atoms with van der Waals surface area (Å²) in [5.41, 5.74) is 0. The van der Waals surface area contributed by atoms with Crippen molar-refractivity contribution in [1.82, 2.24) is 29.4 Å². The number of likely N-dealkylation sites (N-methyl/N-ethyl adjacent to an activating group) is 4. The van der Waals surface area contributed by atoms with Crippen LogP contribution < -0.4 is 0 Å². The molecule has 47 heavy (non-hydrogen) atoms. The van der Waals surface area contributed by atoms with Gasteiger partial charge in [-0.2, -0.15) is 0 Å². The summed E-state index contributed by atoms with van der Waals surface area (Å²) in [6, 6.07) is 0. The lowest BCUT2D eigenvalue weighted by molar-refractivity contribution is 0.128. The van der Waals surface area contributed by atoms with Gasteiger partial charge in [0.05, 0.1) is 39.6 Å². The van der Waals surface area contributed by atoms with Gasteiger partial charge in [-0.15, -0.1) is 6.42 Å². The van der Waals surface area contributed by atoms with Gasteiger partial charge >= 0.3 is 0 Å². The predicted octanol–water partition coefficient (Wildman–Crippen LogP) is 2.08. The Bertz CT molecular complexity index is 537. The normalized spacial score (nSPS) is 10.3. The number of rotatable bonds is 22. The van der Waals surface area contributed by atoms with Crippen LogP contribution in [0.25, 0.3) is 0 Å². The maximum Gasteiger partial charge on any atom is 0.0596 e. The zero-order chi connectivity index (χ0) is 37.7. The summed E-state index contributed by atoms with van der Waals surface area (Å²) < 4.78 is 24.4. The van der Waals surface area contributed by atoms with Gasteiger partial charge in [0.25, 0.3) is 0 Å².